The Morgan fingerprint density at radius 1 is 1.28 bits per heavy atom. The van der Waals surface area contributed by atoms with Crippen molar-refractivity contribution in [2.24, 2.45) is 0 Å². The van der Waals surface area contributed by atoms with Crippen molar-refractivity contribution < 1.29 is 19.1 Å². The van der Waals surface area contributed by atoms with Crippen LogP contribution in [0.15, 0.2) is 23.0 Å². The third-order valence-electron chi connectivity index (χ3n) is 2.85. The number of aromatic amines is 1. The summed E-state index contributed by atoms with van der Waals surface area (Å²) in [6.07, 6.45) is -0.873. The average molecular weight is 409 g/mol. The molecule has 25 heavy (non-hydrogen) atoms. The van der Waals surface area contributed by atoms with E-state index in [4.69, 9.17) is 44.3 Å². The molecule has 11 heteroatoms. The second-order valence-corrected chi connectivity index (χ2v) is 7.21. The van der Waals surface area contributed by atoms with Gasteiger partial charge in [-0.2, -0.15) is 5.10 Å². The molecule has 1 aromatic carbocycles. The first-order valence-electron chi connectivity index (χ1n) is 6.91. The van der Waals surface area contributed by atoms with Gasteiger partial charge in [0.05, 0.1) is 17.5 Å². The summed E-state index contributed by atoms with van der Waals surface area (Å²) in [6.45, 7) is 1.27. The summed E-state index contributed by atoms with van der Waals surface area (Å²) in [4.78, 5) is 35.7. The number of alkyl halides is 3. The Bertz CT molecular complexity index is 863. The van der Waals surface area contributed by atoms with Gasteiger partial charge in [-0.3, -0.25) is 15.2 Å². The van der Waals surface area contributed by atoms with E-state index >= 15 is 0 Å². The van der Waals surface area contributed by atoms with Crippen molar-refractivity contribution in [2.45, 2.75) is 10.7 Å². The van der Waals surface area contributed by atoms with E-state index in [0.29, 0.717) is 5.52 Å². The molecule has 1 heterocycles. The van der Waals surface area contributed by atoms with Crippen LogP contribution in [0, 0.1) is 0 Å². The van der Waals surface area contributed by atoms with Gasteiger partial charge in [0.15, 0.2) is 0 Å². The maximum absolute atomic E-state index is 12.4. The number of nitrogens with zero attached hydrogens (tertiary/aromatic N) is 1. The van der Waals surface area contributed by atoms with Crippen LogP contribution >= 0.6 is 34.8 Å². The number of amides is 1. The summed E-state index contributed by atoms with van der Waals surface area (Å²) in [5.74, 6) is -0.842. The number of ether oxygens (including phenoxy) is 2. The molecule has 0 bridgehead atoms. The van der Waals surface area contributed by atoms with Gasteiger partial charge in [-0.25, -0.2) is 9.59 Å². The molecule has 2 rings (SSSR count). The molecule has 0 unspecified atom stereocenters. The summed E-state index contributed by atoms with van der Waals surface area (Å²) in [5, 5.41) is 8.80. The van der Waals surface area contributed by atoms with Gasteiger partial charge < -0.3 is 9.47 Å². The van der Waals surface area contributed by atoms with Crippen LogP contribution in [0.25, 0.3) is 10.9 Å². The van der Waals surface area contributed by atoms with E-state index in [9.17, 15) is 14.4 Å². The molecule has 0 saturated heterocycles. The minimum Gasteiger partial charge on any atom is -0.461 e. The van der Waals surface area contributed by atoms with Crippen LogP contribution in [0.3, 0.4) is 0 Å². The molecule has 0 spiro atoms. The van der Waals surface area contributed by atoms with E-state index in [0.717, 1.165) is 0 Å². The van der Waals surface area contributed by atoms with Crippen LogP contribution in [0.4, 0.5) is 10.5 Å². The Hall–Kier alpha value is -2.03. The lowest BCUT2D eigenvalue weighted by atomic mass is 10.2. The third kappa shape index (κ3) is 5.22. The average Bonchev–Trinajstić information content (AvgIpc) is 2.53. The van der Waals surface area contributed by atoms with Gasteiger partial charge in [-0.15, -0.1) is 0 Å². The number of halogens is 3. The number of hydrogen-bond acceptors (Lipinski definition) is 6. The molecule has 0 atom stereocenters. The predicted molar refractivity (Wildman–Crippen MR) is 93.6 cm³/mol. The number of benzene rings is 1. The van der Waals surface area contributed by atoms with Crippen molar-refractivity contribution in [2.75, 3.05) is 18.5 Å². The first-order chi connectivity index (χ1) is 11.7. The summed E-state index contributed by atoms with van der Waals surface area (Å²) in [7, 11) is 0. The first-order valence-corrected chi connectivity index (χ1v) is 8.04. The van der Waals surface area contributed by atoms with Gasteiger partial charge in [-0.05, 0) is 25.1 Å². The number of esters is 1. The summed E-state index contributed by atoms with van der Waals surface area (Å²) >= 11 is 16.4. The number of rotatable bonds is 4. The van der Waals surface area contributed by atoms with Gasteiger partial charge in [0.1, 0.15) is 6.61 Å². The molecule has 0 saturated carbocycles. The molecule has 0 aliphatic heterocycles. The fourth-order valence-corrected chi connectivity index (χ4v) is 2.00. The van der Waals surface area contributed by atoms with Gasteiger partial charge in [-0.1, -0.05) is 34.8 Å². The highest BCUT2D eigenvalue weighted by Crippen LogP contribution is 2.26. The maximum Gasteiger partial charge on any atom is 0.411 e. The van der Waals surface area contributed by atoms with Gasteiger partial charge in [0.25, 0.3) is 0 Å². The number of aromatic nitrogens is 2. The molecule has 1 amide bonds. The zero-order valence-electron chi connectivity index (χ0n) is 12.8. The molecule has 8 nitrogen and oxygen atoms in total. The van der Waals surface area contributed by atoms with E-state index in [1.54, 1.807) is 6.92 Å². The minimum atomic E-state index is -1.74. The summed E-state index contributed by atoms with van der Waals surface area (Å²) < 4.78 is 7.76. The topological polar surface area (TPSA) is 110 Å². The number of nitrogens with one attached hydrogen (secondary N) is 2. The number of anilines is 1. The van der Waals surface area contributed by atoms with Gasteiger partial charge in [0, 0.05) is 5.69 Å². The molecule has 0 radical (unpaired) electrons. The van der Waals surface area contributed by atoms with E-state index in [2.05, 4.69) is 15.5 Å². The van der Waals surface area contributed by atoms with E-state index in [1.807, 2.05) is 0 Å². The van der Waals surface area contributed by atoms with E-state index in [-0.39, 0.29) is 23.4 Å². The monoisotopic (exact) mass is 407 g/mol. The summed E-state index contributed by atoms with van der Waals surface area (Å²) in [5.41, 5.74) is -0.401. The lowest BCUT2D eigenvalue weighted by Crippen LogP contribution is -2.22. The fourth-order valence-electron chi connectivity index (χ4n) is 1.84. The number of carbonyl (C=O) groups is 2. The third-order valence-corrected chi connectivity index (χ3v) is 3.18. The maximum atomic E-state index is 12.4. The van der Waals surface area contributed by atoms with Gasteiger partial charge >= 0.3 is 12.1 Å². The van der Waals surface area contributed by atoms with Crippen molar-refractivity contribution in [1.82, 2.24) is 10.2 Å². The van der Waals surface area contributed by atoms with Crippen molar-refractivity contribution in [3.8, 4) is 0 Å². The molecular formula is C14H12Cl3N3O5. The van der Waals surface area contributed by atoms with Crippen LogP contribution in [-0.4, -0.2) is 39.3 Å². The first kappa shape index (κ1) is 19.3. The van der Waals surface area contributed by atoms with E-state index < -0.39 is 27.9 Å². The SMILES string of the molecule is CCOC(=O)c1n[nH]c2ccc(NC(=O)OCC(Cl)(Cl)Cl)cc2c1=O. The molecular weight excluding hydrogens is 397 g/mol. The van der Waals surface area contributed by atoms with Crippen molar-refractivity contribution in [1.29, 1.82) is 0 Å². The molecule has 0 aliphatic rings. The Labute approximate surface area is 156 Å². The Kier molecular flexibility index (Phi) is 6.10. The highest BCUT2D eigenvalue weighted by atomic mass is 35.6. The molecule has 0 aliphatic carbocycles. The highest BCUT2D eigenvalue weighted by Gasteiger charge is 2.22. The molecule has 0 fully saturated rings. The largest absolute Gasteiger partial charge is 0.461 e. The second-order valence-electron chi connectivity index (χ2n) is 4.70. The standard InChI is InChI=1S/C14H12Cl3N3O5/c1-2-24-12(22)10-11(21)8-5-7(3-4-9(8)19-20-10)18-13(23)25-6-14(15,16)17/h3-5H,2,6H2,1H3,(H,18,23)(H,19,21). The quantitative estimate of drug-likeness (QED) is 0.594. The minimum absolute atomic E-state index is 0.106. The predicted octanol–water partition coefficient (Wildman–Crippen LogP) is 3.02. The number of hydrogen-bond donors (Lipinski definition) is 2. The van der Waals surface area contributed by atoms with Crippen LogP contribution in [0.2, 0.25) is 0 Å². The molecule has 2 aromatic rings. The van der Waals surface area contributed by atoms with Crippen LogP contribution in [-0.2, 0) is 9.47 Å². The highest BCUT2D eigenvalue weighted by molar-refractivity contribution is 6.67. The normalized spacial score (nSPS) is 11.2. The van der Waals surface area contributed by atoms with Crippen LogP contribution < -0.4 is 10.7 Å². The van der Waals surface area contributed by atoms with E-state index in [1.165, 1.54) is 18.2 Å². The van der Waals surface area contributed by atoms with Crippen molar-refractivity contribution in [3.05, 3.63) is 34.1 Å². The smallest absolute Gasteiger partial charge is 0.411 e. The lowest BCUT2D eigenvalue weighted by Gasteiger charge is -2.12. The zero-order chi connectivity index (χ0) is 18.6. The Balaban J connectivity index is 2.26. The summed E-state index contributed by atoms with van der Waals surface area (Å²) in [6, 6.07) is 4.36. The molecule has 2 N–H and O–H groups in total. The second kappa shape index (κ2) is 7.90. The molecule has 1 aromatic heterocycles. The fraction of sp³-hybridized carbons (Fsp3) is 0.286. The van der Waals surface area contributed by atoms with Crippen molar-refractivity contribution >= 4 is 63.5 Å². The van der Waals surface area contributed by atoms with Gasteiger partial charge in [0.2, 0.25) is 14.9 Å². The zero-order valence-corrected chi connectivity index (χ0v) is 15.0. The Morgan fingerprint density at radius 3 is 2.64 bits per heavy atom. The number of carbonyl (C=O) groups excluding carboxylic acids is 2. The van der Waals surface area contributed by atoms with Crippen LogP contribution in [0.5, 0.6) is 0 Å². The lowest BCUT2D eigenvalue weighted by molar-refractivity contribution is 0.0517. The number of H-pyrrole nitrogens is 1. The number of fused-ring (bicyclic) bond motifs is 1. The van der Waals surface area contributed by atoms with Crippen LogP contribution in [0.1, 0.15) is 17.4 Å². The molecule has 134 valence electrons. The van der Waals surface area contributed by atoms with Crippen molar-refractivity contribution in [3.63, 3.8) is 0 Å². The Morgan fingerprint density at radius 2 is 2.00 bits per heavy atom.